The van der Waals surface area contributed by atoms with E-state index in [0.717, 1.165) is 18.8 Å². The highest BCUT2D eigenvalue weighted by Gasteiger charge is 2.51. The second kappa shape index (κ2) is 6.90. The highest BCUT2D eigenvalue weighted by atomic mass is 16.6. The summed E-state index contributed by atoms with van der Waals surface area (Å²) in [6, 6.07) is 0.417. The number of carbonyl (C=O) groups is 2. The molecule has 1 amide bonds. The maximum absolute atomic E-state index is 12.5. The Morgan fingerprint density at radius 2 is 1.75 bits per heavy atom. The lowest BCUT2D eigenvalue weighted by atomic mass is 9.87. The van der Waals surface area contributed by atoms with Crippen LogP contribution in [0.1, 0.15) is 66.7 Å². The fourth-order valence-corrected chi connectivity index (χ4v) is 3.74. The summed E-state index contributed by atoms with van der Waals surface area (Å²) in [7, 11) is 0. The normalized spacial score (nSPS) is 34.2. The van der Waals surface area contributed by atoms with Crippen LogP contribution in [0.5, 0.6) is 0 Å². The van der Waals surface area contributed by atoms with Crippen molar-refractivity contribution in [2.75, 3.05) is 6.54 Å². The van der Waals surface area contributed by atoms with Gasteiger partial charge < -0.3 is 15.2 Å². The van der Waals surface area contributed by atoms with Gasteiger partial charge >= 0.3 is 12.1 Å². The van der Waals surface area contributed by atoms with Crippen molar-refractivity contribution in [3.8, 4) is 0 Å². The molecule has 0 aromatic rings. The van der Waals surface area contributed by atoms with Crippen LogP contribution in [-0.4, -0.2) is 51.8 Å². The van der Waals surface area contributed by atoms with Crippen molar-refractivity contribution in [1.82, 2.24) is 10.2 Å². The summed E-state index contributed by atoms with van der Waals surface area (Å²) < 4.78 is 5.42. The summed E-state index contributed by atoms with van der Waals surface area (Å²) in [5, 5.41) is 13.3. The molecule has 24 heavy (non-hydrogen) atoms. The van der Waals surface area contributed by atoms with E-state index in [4.69, 9.17) is 4.74 Å². The average Bonchev–Trinajstić information content (AvgIpc) is 2.78. The molecule has 2 atom stereocenters. The van der Waals surface area contributed by atoms with E-state index in [0.29, 0.717) is 19.0 Å². The van der Waals surface area contributed by atoms with Crippen LogP contribution < -0.4 is 5.32 Å². The van der Waals surface area contributed by atoms with E-state index < -0.39 is 23.2 Å². The lowest BCUT2D eigenvalue weighted by molar-refractivity contribution is -0.148. The van der Waals surface area contributed by atoms with E-state index in [1.54, 1.807) is 27.7 Å². The van der Waals surface area contributed by atoms with Gasteiger partial charge in [-0.2, -0.15) is 0 Å². The molecule has 2 rings (SSSR count). The fraction of sp³-hybridized carbons (Fsp3) is 0.889. The number of carboxylic acids is 1. The molecule has 1 saturated heterocycles. The van der Waals surface area contributed by atoms with E-state index in [9.17, 15) is 14.7 Å². The zero-order valence-electron chi connectivity index (χ0n) is 15.6. The van der Waals surface area contributed by atoms with Crippen molar-refractivity contribution in [3.63, 3.8) is 0 Å². The molecule has 6 heteroatoms. The van der Waals surface area contributed by atoms with Crippen LogP contribution in [-0.2, 0) is 9.53 Å². The third-order valence-corrected chi connectivity index (χ3v) is 5.20. The highest BCUT2D eigenvalue weighted by molar-refractivity contribution is 5.85. The Morgan fingerprint density at radius 3 is 2.25 bits per heavy atom. The summed E-state index contributed by atoms with van der Waals surface area (Å²) in [5.74, 6) is -0.205. The molecule has 0 aromatic carbocycles. The van der Waals surface area contributed by atoms with Crippen LogP contribution in [0.3, 0.4) is 0 Å². The number of aliphatic carboxylic acids is 1. The zero-order chi connectivity index (χ0) is 18.1. The van der Waals surface area contributed by atoms with Crippen molar-refractivity contribution in [1.29, 1.82) is 0 Å². The molecule has 1 aliphatic heterocycles. The van der Waals surface area contributed by atoms with E-state index in [1.165, 1.54) is 17.7 Å². The second-order valence-electron chi connectivity index (χ2n) is 8.69. The third-order valence-electron chi connectivity index (χ3n) is 5.20. The number of nitrogens with one attached hydrogen (secondary N) is 1. The first-order valence-electron chi connectivity index (χ1n) is 9.01. The van der Waals surface area contributed by atoms with Crippen LogP contribution >= 0.6 is 0 Å². The lowest BCUT2D eigenvalue weighted by Gasteiger charge is -2.32. The molecule has 138 valence electrons. The predicted molar refractivity (Wildman–Crippen MR) is 91.9 cm³/mol. The second-order valence-corrected chi connectivity index (χ2v) is 8.69. The average molecular weight is 340 g/mol. The largest absolute Gasteiger partial charge is 0.480 e. The predicted octanol–water partition coefficient (Wildman–Crippen LogP) is 3.01. The first kappa shape index (κ1) is 19.0. The van der Waals surface area contributed by atoms with E-state index in [-0.39, 0.29) is 6.04 Å². The van der Waals surface area contributed by atoms with Gasteiger partial charge in [0.15, 0.2) is 0 Å². The van der Waals surface area contributed by atoms with E-state index in [2.05, 4.69) is 12.2 Å². The van der Waals surface area contributed by atoms with Gasteiger partial charge in [0.25, 0.3) is 0 Å². The van der Waals surface area contributed by atoms with Crippen LogP contribution in [0.25, 0.3) is 0 Å². The minimum atomic E-state index is -1.22. The summed E-state index contributed by atoms with van der Waals surface area (Å²) in [6.07, 6.45) is 4.51. The summed E-state index contributed by atoms with van der Waals surface area (Å²) in [5.41, 5.74) is -1.86. The Hall–Kier alpha value is -1.30. The monoisotopic (exact) mass is 340 g/mol. The topological polar surface area (TPSA) is 78.9 Å². The Balaban J connectivity index is 2.04. The molecule has 2 aliphatic rings. The molecule has 2 N–H and O–H groups in total. The molecule has 6 nitrogen and oxygen atoms in total. The van der Waals surface area contributed by atoms with E-state index >= 15 is 0 Å². The van der Waals surface area contributed by atoms with Gasteiger partial charge in [-0.05, 0) is 65.7 Å². The molecule has 0 aromatic heterocycles. The first-order chi connectivity index (χ1) is 11.0. The first-order valence-corrected chi connectivity index (χ1v) is 9.01. The third kappa shape index (κ3) is 4.41. The fourth-order valence-electron chi connectivity index (χ4n) is 3.74. The number of carbonyl (C=O) groups excluding carboxylic acids is 1. The standard InChI is InChI=1S/C18H32N2O4/c1-12-6-8-13(9-7-12)19-14-10-18(5,15(21)22)20(11-14)16(23)24-17(2,3)4/h12-14,19H,6-11H2,1-5H3,(H,21,22)/t12-,13+,14-,18+/m1/s1. The zero-order valence-corrected chi connectivity index (χ0v) is 15.6. The SMILES string of the molecule is CC(C)(C)OC(=O)N1C[C@H](N[C@H]2CC[C@@H](C)CC2)C[C@@]1(C)C(=O)O. The Labute approximate surface area is 144 Å². The van der Waals surface area contributed by atoms with Gasteiger partial charge in [0, 0.05) is 18.6 Å². The number of hydrogen-bond donors (Lipinski definition) is 2. The van der Waals surface area contributed by atoms with Crippen molar-refractivity contribution in [2.24, 2.45) is 5.92 Å². The molecule has 1 saturated carbocycles. The van der Waals surface area contributed by atoms with Crippen LogP contribution in [0.2, 0.25) is 0 Å². The highest BCUT2D eigenvalue weighted by Crippen LogP contribution is 2.33. The van der Waals surface area contributed by atoms with Crippen LogP contribution in [0, 0.1) is 5.92 Å². The maximum atomic E-state index is 12.5. The van der Waals surface area contributed by atoms with Crippen LogP contribution in [0.4, 0.5) is 4.79 Å². The molecule has 0 unspecified atom stereocenters. The molecule has 0 bridgehead atoms. The number of rotatable bonds is 3. The maximum Gasteiger partial charge on any atom is 0.411 e. The lowest BCUT2D eigenvalue weighted by Crippen LogP contribution is -2.52. The van der Waals surface area contributed by atoms with Gasteiger partial charge in [0.1, 0.15) is 11.1 Å². The minimum Gasteiger partial charge on any atom is -0.480 e. The summed E-state index contributed by atoms with van der Waals surface area (Å²) in [6.45, 7) is 9.64. The summed E-state index contributed by atoms with van der Waals surface area (Å²) in [4.78, 5) is 25.7. The van der Waals surface area contributed by atoms with E-state index in [1.807, 2.05) is 0 Å². The van der Waals surface area contributed by atoms with Crippen LogP contribution in [0.15, 0.2) is 0 Å². The number of hydrogen-bond acceptors (Lipinski definition) is 4. The number of nitrogens with zero attached hydrogens (tertiary/aromatic N) is 1. The van der Waals surface area contributed by atoms with Gasteiger partial charge in [-0.15, -0.1) is 0 Å². The van der Waals surface area contributed by atoms with Crippen molar-refractivity contribution in [2.45, 2.75) is 89.9 Å². The smallest absolute Gasteiger partial charge is 0.411 e. The van der Waals surface area contributed by atoms with Gasteiger partial charge in [0.2, 0.25) is 0 Å². The number of likely N-dealkylation sites (tertiary alicyclic amines) is 1. The molecule has 1 heterocycles. The Bertz CT molecular complexity index is 480. The van der Waals surface area contributed by atoms with Gasteiger partial charge in [-0.3, -0.25) is 4.90 Å². The summed E-state index contributed by atoms with van der Waals surface area (Å²) >= 11 is 0. The molecule has 0 spiro atoms. The Morgan fingerprint density at radius 1 is 1.17 bits per heavy atom. The molecular weight excluding hydrogens is 308 g/mol. The van der Waals surface area contributed by atoms with Gasteiger partial charge in [-0.1, -0.05) is 6.92 Å². The van der Waals surface area contributed by atoms with Crippen molar-refractivity contribution >= 4 is 12.1 Å². The number of amides is 1. The number of carboxylic acid groups (broad SMARTS) is 1. The number of ether oxygens (including phenoxy) is 1. The van der Waals surface area contributed by atoms with Crippen molar-refractivity contribution < 1.29 is 19.4 Å². The molecule has 1 aliphatic carbocycles. The van der Waals surface area contributed by atoms with Gasteiger partial charge in [0.05, 0.1) is 0 Å². The van der Waals surface area contributed by atoms with Gasteiger partial charge in [-0.25, -0.2) is 9.59 Å². The Kier molecular flexibility index (Phi) is 5.47. The molecule has 0 radical (unpaired) electrons. The quantitative estimate of drug-likeness (QED) is 0.826. The molecular formula is C18H32N2O4. The van der Waals surface area contributed by atoms with Crippen molar-refractivity contribution in [3.05, 3.63) is 0 Å². The molecule has 2 fully saturated rings. The minimum absolute atomic E-state index is 0.00276.